The number of nitrogens with zero attached hydrogens (tertiary/aromatic N) is 5. The van der Waals surface area contributed by atoms with Crippen LogP contribution < -0.4 is 4.74 Å². The number of aromatic nitrogens is 3. The highest BCUT2D eigenvalue weighted by atomic mass is 32.1. The van der Waals surface area contributed by atoms with Crippen molar-refractivity contribution < 1.29 is 27.5 Å². The molecule has 0 aliphatic carbocycles. The van der Waals surface area contributed by atoms with E-state index in [-0.39, 0.29) is 17.4 Å². The van der Waals surface area contributed by atoms with Crippen molar-refractivity contribution in [3.8, 4) is 17.1 Å². The zero-order valence-corrected chi connectivity index (χ0v) is 22.0. The zero-order valence-electron chi connectivity index (χ0n) is 21.1. The van der Waals surface area contributed by atoms with Gasteiger partial charge in [0, 0.05) is 37.3 Å². The maximum Gasteiger partial charge on any atom is 0.416 e. The number of thiazole rings is 1. The van der Waals surface area contributed by atoms with E-state index in [4.69, 9.17) is 9.26 Å². The molecule has 0 radical (unpaired) electrons. The molecule has 3 atom stereocenters. The molecule has 12 heteroatoms. The van der Waals surface area contributed by atoms with Gasteiger partial charge in [0.15, 0.2) is 6.23 Å². The Morgan fingerprint density at radius 3 is 2.74 bits per heavy atom. The second kappa shape index (κ2) is 10.6. The minimum absolute atomic E-state index is 0.0412. The van der Waals surface area contributed by atoms with Gasteiger partial charge in [-0.05, 0) is 45.0 Å². The standard InChI is InChI=1S/C26H28F3N5O3S/c1-15-13-33(14-23-31-24(32-37-23)18-5-4-6-19(11-18)26(27,28)29)9-10-34(15)25(16(2)35)36-20-7-8-22-21(12-20)30-17(3)38-22/h4-8,11-12,15-16,25,35H,9-10,13-14H2,1-3H3/t15-,16+,25?/m0/s1. The fourth-order valence-electron chi connectivity index (χ4n) is 4.71. The highest BCUT2D eigenvalue weighted by molar-refractivity contribution is 7.18. The van der Waals surface area contributed by atoms with Gasteiger partial charge in [0.25, 0.3) is 0 Å². The second-order valence-electron chi connectivity index (χ2n) is 9.52. The Kier molecular flexibility index (Phi) is 7.40. The lowest BCUT2D eigenvalue weighted by molar-refractivity contribution is -0.137. The number of alkyl halides is 3. The van der Waals surface area contributed by atoms with Gasteiger partial charge in [-0.2, -0.15) is 18.2 Å². The van der Waals surface area contributed by atoms with Crippen molar-refractivity contribution in [2.45, 2.75) is 51.9 Å². The summed E-state index contributed by atoms with van der Waals surface area (Å²) in [5.74, 6) is 1.09. The third-order valence-corrected chi connectivity index (χ3v) is 7.45. The van der Waals surface area contributed by atoms with Gasteiger partial charge in [-0.15, -0.1) is 11.3 Å². The highest BCUT2D eigenvalue weighted by Gasteiger charge is 2.34. The molecule has 38 heavy (non-hydrogen) atoms. The van der Waals surface area contributed by atoms with E-state index in [1.54, 1.807) is 18.3 Å². The molecule has 5 rings (SSSR count). The molecule has 1 N–H and O–H groups in total. The SMILES string of the molecule is Cc1nc2cc(OC([C@@H](C)O)N3CCN(Cc4nc(-c5cccc(C(F)(F)F)c5)no4)C[C@@H]3C)ccc2s1. The molecule has 8 nitrogen and oxygen atoms in total. The number of halogens is 3. The van der Waals surface area contributed by atoms with Crippen molar-refractivity contribution in [3.05, 3.63) is 58.9 Å². The topological polar surface area (TPSA) is 87.8 Å². The van der Waals surface area contributed by atoms with Gasteiger partial charge in [-0.25, -0.2) is 4.98 Å². The van der Waals surface area contributed by atoms with Gasteiger partial charge in [-0.3, -0.25) is 9.80 Å². The first-order valence-corrected chi connectivity index (χ1v) is 13.1. The summed E-state index contributed by atoms with van der Waals surface area (Å²) in [7, 11) is 0. The van der Waals surface area contributed by atoms with Crippen LogP contribution in [0.25, 0.3) is 21.6 Å². The van der Waals surface area contributed by atoms with Crippen LogP contribution in [0.5, 0.6) is 5.75 Å². The van der Waals surface area contributed by atoms with Crippen molar-refractivity contribution in [2.24, 2.45) is 0 Å². The Morgan fingerprint density at radius 1 is 1.18 bits per heavy atom. The van der Waals surface area contributed by atoms with E-state index in [2.05, 4.69) is 31.8 Å². The van der Waals surface area contributed by atoms with E-state index in [1.165, 1.54) is 12.1 Å². The number of piperazine rings is 1. The van der Waals surface area contributed by atoms with Crippen LogP contribution in [0.3, 0.4) is 0 Å². The molecule has 1 fully saturated rings. The summed E-state index contributed by atoms with van der Waals surface area (Å²) in [6.45, 7) is 8.03. The molecule has 1 aliphatic rings. The smallest absolute Gasteiger partial charge is 0.416 e. The number of hydrogen-bond acceptors (Lipinski definition) is 9. The first-order valence-electron chi connectivity index (χ1n) is 12.3. The van der Waals surface area contributed by atoms with Crippen LogP contribution >= 0.6 is 11.3 Å². The van der Waals surface area contributed by atoms with Crippen LogP contribution in [-0.2, 0) is 12.7 Å². The Bertz CT molecular complexity index is 1410. The second-order valence-corrected chi connectivity index (χ2v) is 10.8. The Balaban J connectivity index is 1.23. The molecule has 1 saturated heterocycles. The van der Waals surface area contributed by atoms with E-state index in [0.29, 0.717) is 37.8 Å². The van der Waals surface area contributed by atoms with Crippen LogP contribution in [0.1, 0.15) is 30.3 Å². The van der Waals surface area contributed by atoms with Gasteiger partial charge < -0.3 is 14.4 Å². The first kappa shape index (κ1) is 26.5. The van der Waals surface area contributed by atoms with Crippen molar-refractivity contribution in [1.29, 1.82) is 0 Å². The van der Waals surface area contributed by atoms with Crippen molar-refractivity contribution >= 4 is 21.6 Å². The molecule has 0 bridgehead atoms. The molecule has 1 unspecified atom stereocenters. The molecule has 0 spiro atoms. The molecule has 202 valence electrons. The molecule has 0 amide bonds. The molecular formula is C26H28F3N5O3S. The fraction of sp³-hybridized carbons (Fsp3) is 0.423. The average molecular weight is 548 g/mol. The lowest BCUT2D eigenvalue weighted by Gasteiger charge is -2.44. The van der Waals surface area contributed by atoms with Crippen molar-refractivity contribution in [2.75, 3.05) is 19.6 Å². The number of ether oxygens (including phenoxy) is 1. The predicted molar refractivity (Wildman–Crippen MR) is 137 cm³/mol. The van der Waals surface area contributed by atoms with Crippen LogP contribution in [0.4, 0.5) is 13.2 Å². The quantitative estimate of drug-likeness (QED) is 0.347. The third kappa shape index (κ3) is 5.83. The van der Waals surface area contributed by atoms with Gasteiger partial charge in [-0.1, -0.05) is 17.3 Å². The monoisotopic (exact) mass is 547 g/mol. The highest BCUT2D eigenvalue weighted by Crippen LogP contribution is 2.32. The van der Waals surface area contributed by atoms with Gasteiger partial charge >= 0.3 is 6.18 Å². The first-order chi connectivity index (χ1) is 18.1. The minimum atomic E-state index is -4.45. The normalized spacial score (nSPS) is 19.1. The van der Waals surface area contributed by atoms with Crippen LogP contribution in [0.2, 0.25) is 0 Å². The molecular weight excluding hydrogens is 519 g/mol. The number of aliphatic hydroxyl groups is 1. The number of hydrogen-bond donors (Lipinski definition) is 1. The van der Waals surface area contributed by atoms with Gasteiger partial charge in [0.2, 0.25) is 11.7 Å². The largest absolute Gasteiger partial charge is 0.472 e. The fourth-order valence-corrected chi connectivity index (χ4v) is 5.52. The molecule has 4 aromatic rings. The molecule has 0 saturated carbocycles. The summed E-state index contributed by atoms with van der Waals surface area (Å²) >= 11 is 1.62. The summed E-state index contributed by atoms with van der Waals surface area (Å²) < 4.78 is 51.8. The van der Waals surface area contributed by atoms with E-state index < -0.39 is 24.1 Å². The van der Waals surface area contributed by atoms with E-state index in [0.717, 1.165) is 27.4 Å². The Morgan fingerprint density at radius 2 is 2.00 bits per heavy atom. The van der Waals surface area contributed by atoms with Crippen LogP contribution in [0.15, 0.2) is 47.0 Å². The molecule has 3 heterocycles. The van der Waals surface area contributed by atoms with E-state index in [1.807, 2.05) is 25.1 Å². The molecule has 1 aliphatic heterocycles. The molecule has 2 aromatic carbocycles. The van der Waals surface area contributed by atoms with Crippen LogP contribution in [-0.4, -0.2) is 68.0 Å². The number of aliphatic hydroxyl groups excluding tert-OH is 1. The van der Waals surface area contributed by atoms with Crippen molar-refractivity contribution in [1.82, 2.24) is 24.9 Å². The lowest BCUT2D eigenvalue weighted by atomic mass is 10.1. The Hall–Kier alpha value is -3.06. The maximum atomic E-state index is 13.1. The van der Waals surface area contributed by atoms with Crippen LogP contribution in [0, 0.1) is 6.92 Å². The summed E-state index contributed by atoms with van der Waals surface area (Å²) in [5.41, 5.74) is 0.356. The number of fused-ring (bicyclic) bond motifs is 1. The summed E-state index contributed by atoms with van der Waals surface area (Å²) in [6.07, 6.45) is -5.72. The van der Waals surface area contributed by atoms with Gasteiger partial charge in [0.1, 0.15) is 11.9 Å². The summed E-state index contributed by atoms with van der Waals surface area (Å²) in [6, 6.07) is 10.7. The average Bonchev–Trinajstić information content (AvgIpc) is 3.47. The van der Waals surface area contributed by atoms with E-state index >= 15 is 0 Å². The molecule has 2 aromatic heterocycles. The number of aryl methyl sites for hydroxylation is 1. The Labute approximate surface area is 221 Å². The lowest BCUT2D eigenvalue weighted by Crippen LogP contribution is -2.59. The number of rotatable bonds is 7. The van der Waals surface area contributed by atoms with Gasteiger partial charge in [0.05, 0.1) is 27.3 Å². The van der Waals surface area contributed by atoms with E-state index in [9.17, 15) is 18.3 Å². The predicted octanol–water partition coefficient (Wildman–Crippen LogP) is 4.97. The zero-order chi connectivity index (χ0) is 27.0. The number of benzene rings is 2. The summed E-state index contributed by atoms with van der Waals surface area (Å²) in [4.78, 5) is 13.1. The maximum absolute atomic E-state index is 13.1. The third-order valence-electron chi connectivity index (χ3n) is 6.50. The minimum Gasteiger partial charge on any atom is -0.472 e. The summed E-state index contributed by atoms with van der Waals surface area (Å²) in [5, 5.41) is 15.4. The van der Waals surface area contributed by atoms with Crippen molar-refractivity contribution in [3.63, 3.8) is 0 Å².